The normalized spacial score (nSPS) is 10.8. The molecule has 0 radical (unpaired) electrons. The van der Waals surface area contributed by atoms with Gasteiger partial charge in [0.2, 0.25) is 0 Å². The maximum Gasteiger partial charge on any atom is 0.139 e. The Hall–Kier alpha value is -1.88. The Balaban J connectivity index is 2.90. The van der Waals surface area contributed by atoms with E-state index in [1.807, 2.05) is 0 Å². The molecule has 0 bridgehead atoms. The SMILES string of the molecule is C#Cc1nnc2cc(C)c(C)cc2c1C(C)C. The monoisotopic (exact) mass is 224 g/mol. The second kappa shape index (κ2) is 4.18. The van der Waals surface area contributed by atoms with Gasteiger partial charge in [0.1, 0.15) is 5.69 Å². The van der Waals surface area contributed by atoms with Crippen LogP contribution in [0.25, 0.3) is 10.9 Å². The van der Waals surface area contributed by atoms with Crippen molar-refractivity contribution in [1.29, 1.82) is 0 Å². The zero-order valence-electron chi connectivity index (χ0n) is 10.7. The van der Waals surface area contributed by atoms with Crippen LogP contribution in [0.2, 0.25) is 0 Å². The van der Waals surface area contributed by atoms with Crippen molar-refractivity contribution in [3.8, 4) is 12.3 Å². The summed E-state index contributed by atoms with van der Waals surface area (Å²) in [6.45, 7) is 8.45. The molecule has 0 N–H and O–H groups in total. The van der Waals surface area contributed by atoms with Crippen molar-refractivity contribution in [1.82, 2.24) is 10.2 Å². The molecule has 2 nitrogen and oxygen atoms in total. The maximum absolute atomic E-state index is 5.49. The van der Waals surface area contributed by atoms with E-state index >= 15 is 0 Å². The Labute approximate surface area is 102 Å². The Morgan fingerprint density at radius 3 is 2.35 bits per heavy atom. The third-order valence-corrected chi connectivity index (χ3v) is 3.13. The fourth-order valence-corrected chi connectivity index (χ4v) is 2.08. The molecule has 0 unspecified atom stereocenters. The smallest absolute Gasteiger partial charge is 0.139 e. The van der Waals surface area contributed by atoms with Crippen LogP contribution in [0.3, 0.4) is 0 Å². The molecule has 0 atom stereocenters. The lowest BCUT2D eigenvalue weighted by Crippen LogP contribution is -2.01. The number of hydrogen-bond donors (Lipinski definition) is 0. The fraction of sp³-hybridized carbons (Fsp3) is 0.333. The number of aromatic nitrogens is 2. The number of benzene rings is 1. The molecular formula is C15H16N2. The van der Waals surface area contributed by atoms with Crippen LogP contribution in [0.4, 0.5) is 0 Å². The largest absolute Gasteiger partial charge is 0.149 e. The van der Waals surface area contributed by atoms with Crippen LogP contribution in [-0.2, 0) is 0 Å². The van der Waals surface area contributed by atoms with Gasteiger partial charge in [0.15, 0.2) is 0 Å². The summed E-state index contributed by atoms with van der Waals surface area (Å²) in [4.78, 5) is 0. The van der Waals surface area contributed by atoms with Crippen LogP contribution >= 0.6 is 0 Å². The van der Waals surface area contributed by atoms with Crippen molar-refractivity contribution in [3.05, 3.63) is 34.5 Å². The zero-order valence-corrected chi connectivity index (χ0v) is 10.7. The molecule has 1 aromatic heterocycles. The average Bonchev–Trinajstić information content (AvgIpc) is 2.29. The summed E-state index contributed by atoms with van der Waals surface area (Å²) < 4.78 is 0. The van der Waals surface area contributed by atoms with Crippen molar-refractivity contribution < 1.29 is 0 Å². The van der Waals surface area contributed by atoms with E-state index in [1.165, 1.54) is 11.1 Å². The summed E-state index contributed by atoms with van der Waals surface area (Å²) in [6.07, 6.45) is 5.49. The standard InChI is InChI=1S/C15H16N2/c1-6-13-15(9(2)3)12-7-10(4)11(5)8-14(12)17-16-13/h1,7-9H,2-5H3. The third-order valence-electron chi connectivity index (χ3n) is 3.13. The van der Waals surface area contributed by atoms with Crippen molar-refractivity contribution in [2.75, 3.05) is 0 Å². The minimum Gasteiger partial charge on any atom is -0.149 e. The topological polar surface area (TPSA) is 25.8 Å². The summed E-state index contributed by atoms with van der Waals surface area (Å²) in [5.41, 5.74) is 5.21. The van der Waals surface area contributed by atoms with Crippen LogP contribution in [0, 0.1) is 26.2 Å². The molecule has 0 aliphatic heterocycles. The first-order valence-corrected chi connectivity index (χ1v) is 5.78. The summed E-state index contributed by atoms with van der Waals surface area (Å²) >= 11 is 0. The molecule has 0 fully saturated rings. The van der Waals surface area contributed by atoms with E-state index in [4.69, 9.17) is 6.42 Å². The quantitative estimate of drug-likeness (QED) is 0.694. The summed E-state index contributed by atoms with van der Waals surface area (Å²) in [6, 6.07) is 4.24. The lowest BCUT2D eigenvalue weighted by atomic mass is 9.95. The molecule has 0 aliphatic rings. The lowest BCUT2D eigenvalue weighted by Gasteiger charge is -2.12. The van der Waals surface area contributed by atoms with E-state index in [0.29, 0.717) is 11.6 Å². The van der Waals surface area contributed by atoms with Crippen molar-refractivity contribution >= 4 is 10.9 Å². The molecule has 0 saturated heterocycles. The van der Waals surface area contributed by atoms with Crippen molar-refractivity contribution in [2.45, 2.75) is 33.6 Å². The van der Waals surface area contributed by atoms with Gasteiger partial charge in [-0.05, 0) is 48.9 Å². The summed E-state index contributed by atoms with van der Waals surface area (Å²) in [5, 5.41) is 9.47. The maximum atomic E-state index is 5.49. The van der Waals surface area contributed by atoms with Gasteiger partial charge >= 0.3 is 0 Å². The molecule has 0 spiro atoms. The first-order chi connectivity index (χ1) is 8.04. The molecular weight excluding hydrogens is 208 g/mol. The van der Waals surface area contributed by atoms with E-state index in [9.17, 15) is 0 Å². The molecule has 1 heterocycles. The van der Waals surface area contributed by atoms with Crippen molar-refractivity contribution in [2.24, 2.45) is 0 Å². The van der Waals surface area contributed by atoms with Gasteiger partial charge < -0.3 is 0 Å². The van der Waals surface area contributed by atoms with E-state index in [2.05, 4.69) is 55.9 Å². The first-order valence-electron chi connectivity index (χ1n) is 5.78. The number of rotatable bonds is 1. The van der Waals surface area contributed by atoms with E-state index in [0.717, 1.165) is 16.5 Å². The van der Waals surface area contributed by atoms with Crippen LogP contribution in [0.1, 0.15) is 42.1 Å². The van der Waals surface area contributed by atoms with E-state index in [-0.39, 0.29) is 0 Å². The van der Waals surface area contributed by atoms with Gasteiger partial charge in [0.25, 0.3) is 0 Å². The van der Waals surface area contributed by atoms with Crippen molar-refractivity contribution in [3.63, 3.8) is 0 Å². The second-order valence-electron chi connectivity index (χ2n) is 4.71. The van der Waals surface area contributed by atoms with Gasteiger partial charge in [-0.1, -0.05) is 13.8 Å². The number of hydrogen-bond acceptors (Lipinski definition) is 2. The highest BCUT2D eigenvalue weighted by molar-refractivity contribution is 5.85. The number of nitrogens with zero attached hydrogens (tertiary/aromatic N) is 2. The molecule has 0 amide bonds. The highest BCUT2D eigenvalue weighted by atomic mass is 15.1. The van der Waals surface area contributed by atoms with Crippen LogP contribution in [-0.4, -0.2) is 10.2 Å². The number of terminal acetylenes is 1. The highest BCUT2D eigenvalue weighted by Crippen LogP contribution is 2.27. The number of aryl methyl sites for hydroxylation is 2. The van der Waals surface area contributed by atoms with Gasteiger partial charge in [-0.25, -0.2) is 0 Å². The Morgan fingerprint density at radius 2 is 1.76 bits per heavy atom. The van der Waals surface area contributed by atoms with Gasteiger partial charge in [0.05, 0.1) is 5.52 Å². The third kappa shape index (κ3) is 1.89. The minimum atomic E-state index is 0.348. The van der Waals surface area contributed by atoms with Gasteiger partial charge in [0, 0.05) is 10.9 Å². The lowest BCUT2D eigenvalue weighted by molar-refractivity contribution is 0.851. The Kier molecular flexibility index (Phi) is 2.85. The van der Waals surface area contributed by atoms with Gasteiger partial charge in [-0.15, -0.1) is 16.6 Å². The first kappa shape index (κ1) is 11.6. The van der Waals surface area contributed by atoms with Crippen LogP contribution in [0.5, 0.6) is 0 Å². The minimum absolute atomic E-state index is 0.348. The molecule has 0 aliphatic carbocycles. The predicted molar refractivity (Wildman–Crippen MR) is 71.0 cm³/mol. The summed E-state index contributed by atoms with van der Waals surface area (Å²) in [7, 11) is 0. The van der Waals surface area contributed by atoms with Gasteiger partial charge in [-0.3, -0.25) is 0 Å². The van der Waals surface area contributed by atoms with Crippen LogP contribution in [0.15, 0.2) is 12.1 Å². The van der Waals surface area contributed by atoms with E-state index in [1.54, 1.807) is 0 Å². The molecule has 2 aromatic rings. The molecule has 86 valence electrons. The second-order valence-corrected chi connectivity index (χ2v) is 4.71. The Bertz CT molecular complexity index is 619. The van der Waals surface area contributed by atoms with Gasteiger partial charge in [-0.2, -0.15) is 0 Å². The zero-order chi connectivity index (χ0) is 12.6. The summed E-state index contributed by atoms with van der Waals surface area (Å²) in [5.74, 6) is 2.98. The predicted octanol–water partition coefficient (Wildman–Crippen LogP) is 3.35. The molecule has 17 heavy (non-hydrogen) atoms. The molecule has 0 saturated carbocycles. The van der Waals surface area contributed by atoms with E-state index < -0.39 is 0 Å². The average molecular weight is 224 g/mol. The number of fused-ring (bicyclic) bond motifs is 1. The Morgan fingerprint density at radius 1 is 1.12 bits per heavy atom. The molecule has 2 rings (SSSR count). The molecule has 2 heteroatoms. The fourth-order valence-electron chi connectivity index (χ4n) is 2.08. The molecule has 1 aromatic carbocycles. The van der Waals surface area contributed by atoms with Crippen LogP contribution < -0.4 is 0 Å². The highest BCUT2D eigenvalue weighted by Gasteiger charge is 2.13.